The van der Waals surface area contributed by atoms with E-state index in [1.807, 2.05) is 0 Å². The highest BCUT2D eigenvalue weighted by atomic mass is 19.1. The highest BCUT2D eigenvalue weighted by molar-refractivity contribution is 5.38. The molecule has 0 amide bonds. The molecule has 0 fully saturated rings. The van der Waals surface area contributed by atoms with E-state index >= 15 is 0 Å². The normalized spacial score (nSPS) is 10.2. The van der Waals surface area contributed by atoms with Gasteiger partial charge in [0.15, 0.2) is 17.3 Å². The van der Waals surface area contributed by atoms with Gasteiger partial charge in [-0.2, -0.15) is 0 Å². The first-order valence-corrected chi connectivity index (χ1v) is 5.40. The SMILES string of the molecule is COc1cccnc1Oc1ccc(CN)cc1F. The first-order valence-electron chi connectivity index (χ1n) is 5.40. The second-order valence-corrected chi connectivity index (χ2v) is 3.58. The van der Waals surface area contributed by atoms with Crippen molar-refractivity contribution in [3.05, 3.63) is 47.9 Å². The van der Waals surface area contributed by atoms with Crippen LogP contribution in [0.3, 0.4) is 0 Å². The third-order valence-corrected chi connectivity index (χ3v) is 2.39. The Balaban J connectivity index is 2.28. The quantitative estimate of drug-likeness (QED) is 0.903. The van der Waals surface area contributed by atoms with Gasteiger partial charge < -0.3 is 15.2 Å². The summed E-state index contributed by atoms with van der Waals surface area (Å²) in [5.74, 6) is 0.272. The topological polar surface area (TPSA) is 57.4 Å². The molecule has 0 unspecified atom stereocenters. The van der Waals surface area contributed by atoms with E-state index in [0.717, 1.165) is 0 Å². The van der Waals surface area contributed by atoms with E-state index in [0.29, 0.717) is 11.3 Å². The second kappa shape index (κ2) is 5.46. The van der Waals surface area contributed by atoms with Crippen LogP contribution in [-0.4, -0.2) is 12.1 Å². The van der Waals surface area contributed by atoms with Gasteiger partial charge in [0.1, 0.15) is 0 Å². The van der Waals surface area contributed by atoms with Crippen LogP contribution in [0, 0.1) is 5.82 Å². The van der Waals surface area contributed by atoms with Crippen LogP contribution in [0.15, 0.2) is 36.5 Å². The maximum atomic E-state index is 13.7. The van der Waals surface area contributed by atoms with Gasteiger partial charge in [-0.25, -0.2) is 9.37 Å². The summed E-state index contributed by atoms with van der Waals surface area (Å²) < 4.78 is 24.2. The van der Waals surface area contributed by atoms with Crippen LogP contribution < -0.4 is 15.2 Å². The Morgan fingerprint density at radius 2 is 2.11 bits per heavy atom. The minimum atomic E-state index is -0.481. The van der Waals surface area contributed by atoms with Crippen molar-refractivity contribution < 1.29 is 13.9 Å². The number of hydrogen-bond donors (Lipinski definition) is 1. The molecular formula is C13H13FN2O2. The summed E-state index contributed by atoms with van der Waals surface area (Å²) in [4.78, 5) is 3.99. The fourth-order valence-electron chi connectivity index (χ4n) is 1.47. The van der Waals surface area contributed by atoms with Gasteiger partial charge in [0.25, 0.3) is 5.88 Å². The van der Waals surface area contributed by atoms with Crippen molar-refractivity contribution in [2.75, 3.05) is 7.11 Å². The van der Waals surface area contributed by atoms with E-state index in [1.54, 1.807) is 24.4 Å². The fourth-order valence-corrected chi connectivity index (χ4v) is 1.47. The number of pyridine rings is 1. The van der Waals surface area contributed by atoms with E-state index < -0.39 is 5.82 Å². The number of hydrogen-bond acceptors (Lipinski definition) is 4. The van der Waals surface area contributed by atoms with E-state index in [-0.39, 0.29) is 18.2 Å². The molecule has 0 atom stereocenters. The maximum Gasteiger partial charge on any atom is 0.262 e. The average molecular weight is 248 g/mol. The zero-order chi connectivity index (χ0) is 13.0. The molecule has 18 heavy (non-hydrogen) atoms. The fraction of sp³-hybridized carbons (Fsp3) is 0.154. The highest BCUT2D eigenvalue weighted by Gasteiger charge is 2.10. The van der Waals surface area contributed by atoms with E-state index in [2.05, 4.69) is 4.98 Å². The standard InChI is InChI=1S/C13H13FN2O2/c1-17-12-3-2-6-16-13(12)18-11-5-4-9(8-15)7-10(11)14/h2-7H,8,15H2,1H3. The van der Waals surface area contributed by atoms with Gasteiger partial charge in [-0.1, -0.05) is 6.07 Å². The van der Waals surface area contributed by atoms with Crippen molar-refractivity contribution in [1.29, 1.82) is 0 Å². The summed E-state index contributed by atoms with van der Waals surface area (Å²) in [7, 11) is 1.50. The number of rotatable bonds is 4. The molecule has 2 aromatic rings. The van der Waals surface area contributed by atoms with Gasteiger partial charge >= 0.3 is 0 Å². The molecule has 4 nitrogen and oxygen atoms in total. The van der Waals surface area contributed by atoms with Crippen LogP contribution in [0.5, 0.6) is 17.4 Å². The summed E-state index contributed by atoms with van der Waals surface area (Å²) in [6.07, 6.45) is 1.55. The first kappa shape index (κ1) is 12.3. The van der Waals surface area contributed by atoms with Gasteiger partial charge in [-0.05, 0) is 29.8 Å². The Bertz CT molecular complexity index is 546. The molecule has 2 rings (SSSR count). The van der Waals surface area contributed by atoms with Crippen molar-refractivity contribution >= 4 is 0 Å². The molecule has 0 spiro atoms. The lowest BCUT2D eigenvalue weighted by Crippen LogP contribution is -1.98. The van der Waals surface area contributed by atoms with Gasteiger partial charge in [0.05, 0.1) is 7.11 Å². The van der Waals surface area contributed by atoms with Crippen LogP contribution in [-0.2, 0) is 6.54 Å². The van der Waals surface area contributed by atoms with E-state index in [9.17, 15) is 4.39 Å². The number of benzene rings is 1. The highest BCUT2D eigenvalue weighted by Crippen LogP contribution is 2.30. The number of nitrogens with zero attached hydrogens (tertiary/aromatic N) is 1. The smallest absolute Gasteiger partial charge is 0.262 e. The minimum Gasteiger partial charge on any atom is -0.491 e. The van der Waals surface area contributed by atoms with Gasteiger partial charge in [-0.15, -0.1) is 0 Å². The summed E-state index contributed by atoms with van der Waals surface area (Å²) in [5, 5.41) is 0. The summed E-state index contributed by atoms with van der Waals surface area (Å²) in [6.45, 7) is 0.282. The summed E-state index contributed by atoms with van der Waals surface area (Å²) >= 11 is 0. The van der Waals surface area contributed by atoms with Crippen molar-refractivity contribution in [3.8, 4) is 17.4 Å². The molecule has 0 saturated carbocycles. The van der Waals surface area contributed by atoms with E-state index in [1.165, 1.54) is 19.2 Å². The molecule has 1 aromatic heterocycles. The number of methoxy groups -OCH3 is 1. The van der Waals surface area contributed by atoms with Crippen molar-refractivity contribution in [2.24, 2.45) is 5.73 Å². The Labute approximate surface area is 104 Å². The summed E-state index contributed by atoms with van der Waals surface area (Å²) in [6, 6.07) is 7.96. The number of nitrogens with two attached hydrogens (primary N) is 1. The summed E-state index contributed by atoms with van der Waals surface area (Å²) in [5.41, 5.74) is 6.13. The maximum absolute atomic E-state index is 13.7. The largest absolute Gasteiger partial charge is 0.491 e. The molecule has 2 N–H and O–H groups in total. The molecular weight excluding hydrogens is 235 g/mol. The molecule has 0 saturated heterocycles. The molecule has 1 heterocycles. The lowest BCUT2D eigenvalue weighted by atomic mass is 10.2. The second-order valence-electron chi connectivity index (χ2n) is 3.58. The average Bonchev–Trinajstić information content (AvgIpc) is 2.41. The minimum absolute atomic E-state index is 0.0872. The Hall–Kier alpha value is -2.14. The Morgan fingerprint density at radius 1 is 1.28 bits per heavy atom. The monoisotopic (exact) mass is 248 g/mol. The van der Waals surface area contributed by atoms with Gasteiger partial charge in [-0.3, -0.25) is 0 Å². The molecule has 0 aliphatic heterocycles. The number of halogens is 1. The zero-order valence-corrected chi connectivity index (χ0v) is 9.89. The lowest BCUT2D eigenvalue weighted by molar-refractivity contribution is 0.361. The van der Waals surface area contributed by atoms with Crippen molar-refractivity contribution in [2.45, 2.75) is 6.54 Å². The predicted molar refractivity (Wildman–Crippen MR) is 65.2 cm³/mol. The van der Waals surface area contributed by atoms with Crippen LogP contribution in [0.1, 0.15) is 5.56 Å². The molecule has 1 aromatic carbocycles. The molecule has 94 valence electrons. The van der Waals surface area contributed by atoms with Crippen molar-refractivity contribution in [1.82, 2.24) is 4.98 Å². The Morgan fingerprint density at radius 3 is 2.78 bits per heavy atom. The van der Waals surface area contributed by atoms with E-state index in [4.69, 9.17) is 15.2 Å². The lowest BCUT2D eigenvalue weighted by Gasteiger charge is -2.09. The van der Waals surface area contributed by atoms with Crippen LogP contribution in [0.4, 0.5) is 4.39 Å². The molecule has 0 aliphatic rings. The molecule has 0 aliphatic carbocycles. The predicted octanol–water partition coefficient (Wildman–Crippen LogP) is 2.48. The first-order chi connectivity index (χ1) is 8.74. The molecule has 0 radical (unpaired) electrons. The van der Waals surface area contributed by atoms with Gasteiger partial charge in [0.2, 0.25) is 0 Å². The third kappa shape index (κ3) is 2.57. The Kier molecular flexibility index (Phi) is 3.74. The van der Waals surface area contributed by atoms with Crippen LogP contribution in [0.25, 0.3) is 0 Å². The van der Waals surface area contributed by atoms with Gasteiger partial charge in [0, 0.05) is 12.7 Å². The van der Waals surface area contributed by atoms with Crippen LogP contribution in [0.2, 0.25) is 0 Å². The number of aromatic nitrogens is 1. The van der Waals surface area contributed by atoms with Crippen LogP contribution >= 0.6 is 0 Å². The number of ether oxygens (including phenoxy) is 2. The third-order valence-electron chi connectivity index (χ3n) is 2.39. The zero-order valence-electron chi connectivity index (χ0n) is 9.89. The van der Waals surface area contributed by atoms with Crippen molar-refractivity contribution in [3.63, 3.8) is 0 Å². The molecule has 5 heteroatoms. The molecule has 0 bridgehead atoms.